The molecular weight excluding hydrogens is 356 g/mol. The summed E-state index contributed by atoms with van der Waals surface area (Å²) in [5.74, 6) is 0.117. The predicted molar refractivity (Wildman–Crippen MR) is 93.7 cm³/mol. The second-order valence-corrected chi connectivity index (χ2v) is 8.54. The summed E-state index contributed by atoms with van der Waals surface area (Å²) >= 11 is 7.17. The second-order valence-electron chi connectivity index (χ2n) is 5.63. The van der Waals surface area contributed by atoms with Gasteiger partial charge >= 0.3 is 0 Å². The van der Waals surface area contributed by atoms with E-state index in [2.05, 4.69) is 9.71 Å². The summed E-state index contributed by atoms with van der Waals surface area (Å²) < 4.78 is 27.4. The Balaban J connectivity index is 2.19. The van der Waals surface area contributed by atoms with Gasteiger partial charge in [0.15, 0.2) is 5.13 Å². The van der Waals surface area contributed by atoms with E-state index in [9.17, 15) is 13.5 Å². The number of thiazole rings is 1. The molecule has 0 aliphatic carbocycles. The highest BCUT2D eigenvalue weighted by atomic mass is 35.5. The van der Waals surface area contributed by atoms with E-state index in [4.69, 9.17) is 11.6 Å². The number of aliphatic hydroxyl groups excluding tert-OH is 1. The number of anilines is 1. The normalized spacial score (nSPS) is 13.3. The van der Waals surface area contributed by atoms with Gasteiger partial charge in [-0.1, -0.05) is 31.5 Å². The van der Waals surface area contributed by atoms with Crippen LogP contribution >= 0.6 is 22.9 Å². The Labute approximate surface area is 145 Å². The molecule has 2 rings (SSSR count). The fourth-order valence-corrected chi connectivity index (χ4v) is 4.42. The molecule has 0 aliphatic rings. The van der Waals surface area contributed by atoms with Gasteiger partial charge in [-0.25, -0.2) is 13.4 Å². The van der Waals surface area contributed by atoms with Crippen LogP contribution in [-0.4, -0.2) is 24.6 Å². The van der Waals surface area contributed by atoms with Crippen LogP contribution in [-0.2, 0) is 16.4 Å². The van der Waals surface area contributed by atoms with Gasteiger partial charge in [0.1, 0.15) is 0 Å². The summed E-state index contributed by atoms with van der Waals surface area (Å²) in [5.41, 5.74) is 1.16. The monoisotopic (exact) mass is 374 g/mol. The van der Waals surface area contributed by atoms with Crippen LogP contribution in [0.25, 0.3) is 0 Å². The molecule has 0 spiro atoms. The Kier molecular flexibility index (Phi) is 5.67. The SMILES string of the molecule is Cc1c(Cl)cccc1S(=O)(=O)Nc1nc(CC(O)C(C)C)cs1. The molecule has 126 valence electrons. The first-order chi connectivity index (χ1) is 10.7. The molecule has 0 saturated carbocycles. The Morgan fingerprint density at radius 2 is 2.09 bits per heavy atom. The molecular formula is C15H19ClN2O3S2. The van der Waals surface area contributed by atoms with Crippen molar-refractivity contribution in [1.29, 1.82) is 0 Å². The summed E-state index contributed by atoms with van der Waals surface area (Å²) in [4.78, 5) is 4.36. The molecule has 1 heterocycles. The van der Waals surface area contributed by atoms with Gasteiger partial charge in [0, 0.05) is 16.8 Å². The Morgan fingerprint density at radius 3 is 2.74 bits per heavy atom. The van der Waals surface area contributed by atoms with Crippen LogP contribution in [0, 0.1) is 12.8 Å². The highest BCUT2D eigenvalue weighted by Crippen LogP contribution is 2.26. The Hall–Kier alpha value is -1.15. The molecule has 2 N–H and O–H groups in total. The van der Waals surface area contributed by atoms with Crippen molar-refractivity contribution >= 4 is 38.1 Å². The number of halogens is 1. The molecule has 23 heavy (non-hydrogen) atoms. The van der Waals surface area contributed by atoms with Crippen LogP contribution in [0.2, 0.25) is 5.02 Å². The third-order valence-corrected chi connectivity index (χ3v) is 6.30. The smallest absolute Gasteiger partial charge is 0.263 e. The molecule has 0 bridgehead atoms. The van der Waals surface area contributed by atoms with Crippen molar-refractivity contribution in [3.63, 3.8) is 0 Å². The van der Waals surface area contributed by atoms with Crippen LogP contribution in [0.5, 0.6) is 0 Å². The first-order valence-corrected chi connectivity index (χ1v) is 9.85. The Morgan fingerprint density at radius 1 is 1.39 bits per heavy atom. The van der Waals surface area contributed by atoms with Gasteiger partial charge in [0.05, 0.1) is 16.7 Å². The topological polar surface area (TPSA) is 79.3 Å². The van der Waals surface area contributed by atoms with Crippen molar-refractivity contribution in [2.75, 3.05) is 4.72 Å². The Bertz CT molecular complexity index is 788. The molecule has 0 amide bonds. The fraction of sp³-hybridized carbons (Fsp3) is 0.400. The summed E-state index contributed by atoms with van der Waals surface area (Å²) in [6, 6.07) is 4.74. The average molecular weight is 375 g/mol. The molecule has 0 saturated heterocycles. The van der Waals surface area contributed by atoms with Gasteiger partial charge in [-0.3, -0.25) is 4.72 Å². The number of hydrogen-bond acceptors (Lipinski definition) is 5. The number of hydrogen-bond donors (Lipinski definition) is 2. The van der Waals surface area contributed by atoms with Crippen LogP contribution in [0.15, 0.2) is 28.5 Å². The van der Waals surface area contributed by atoms with E-state index in [1.165, 1.54) is 17.4 Å². The highest BCUT2D eigenvalue weighted by molar-refractivity contribution is 7.93. The second kappa shape index (κ2) is 7.17. The van der Waals surface area contributed by atoms with Gasteiger partial charge in [0.2, 0.25) is 0 Å². The van der Waals surface area contributed by atoms with E-state index in [1.54, 1.807) is 24.4 Å². The molecule has 1 aromatic carbocycles. The van der Waals surface area contributed by atoms with Crippen LogP contribution in [0.4, 0.5) is 5.13 Å². The molecule has 0 fully saturated rings. The van der Waals surface area contributed by atoms with E-state index in [-0.39, 0.29) is 15.9 Å². The van der Waals surface area contributed by atoms with Crippen molar-refractivity contribution in [2.24, 2.45) is 5.92 Å². The fourth-order valence-electron chi connectivity index (χ4n) is 1.95. The van der Waals surface area contributed by atoms with Gasteiger partial charge in [-0.05, 0) is 30.5 Å². The van der Waals surface area contributed by atoms with E-state index < -0.39 is 16.1 Å². The lowest BCUT2D eigenvalue weighted by atomic mass is 10.0. The zero-order valence-corrected chi connectivity index (χ0v) is 15.5. The van der Waals surface area contributed by atoms with Crippen LogP contribution < -0.4 is 4.72 Å². The quantitative estimate of drug-likeness (QED) is 0.811. The van der Waals surface area contributed by atoms with E-state index >= 15 is 0 Å². The molecule has 1 aromatic heterocycles. The molecule has 1 atom stereocenters. The molecule has 8 heteroatoms. The van der Waals surface area contributed by atoms with Crippen molar-refractivity contribution < 1.29 is 13.5 Å². The third-order valence-electron chi connectivity index (χ3n) is 3.47. The number of nitrogens with zero attached hydrogens (tertiary/aromatic N) is 1. The number of nitrogens with one attached hydrogen (secondary N) is 1. The van der Waals surface area contributed by atoms with Crippen molar-refractivity contribution in [1.82, 2.24) is 4.98 Å². The average Bonchev–Trinajstić information content (AvgIpc) is 2.87. The zero-order valence-electron chi connectivity index (χ0n) is 13.1. The van der Waals surface area contributed by atoms with Crippen molar-refractivity contribution in [3.8, 4) is 0 Å². The maximum atomic E-state index is 12.5. The lowest BCUT2D eigenvalue weighted by Crippen LogP contribution is -2.18. The van der Waals surface area contributed by atoms with Crippen LogP contribution in [0.3, 0.4) is 0 Å². The zero-order chi connectivity index (χ0) is 17.2. The first kappa shape index (κ1) is 18.2. The van der Waals surface area contributed by atoms with E-state index in [0.29, 0.717) is 22.7 Å². The minimum Gasteiger partial charge on any atom is -0.392 e. The summed E-state index contributed by atoms with van der Waals surface area (Å²) in [7, 11) is -3.75. The van der Waals surface area contributed by atoms with Crippen LogP contribution in [0.1, 0.15) is 25.1 Å². The van der Waals surface area contributed by atoms with Gasteiger partial charge in [-0.15, -0.1) is 11.3 Å². The summed E-state index contributed by atoms with van der Waals surface area (Å²) in [6.07, 6.45) is -0.108. The number of rotatable bonds is 6. The third kappa shape index (κ3) is 4.44. The molecule has 5 nitrogen and oxygen atoms in total. The highest BCUT2D eigenvalue weighted by Gasteiger charge is 2.20. The summed E-state index contributed by atoms with van der Waals surface area (Å²) in [6.45, 7) is 5.49. The molecule has 1 unspecified atom stereocenters. The molecule has 2 aromatic rings. The predicted octanol–water partition coefficient (Wildman–Crippen LogP) is 3.47. The minimum atomic E-state index is -3.75. The number of sulfonamides is 1. The first-order valence-electron chi connectivity index (χ1n) is 7.11. The standard InChI is InChI=1S/C15H19ClN2O3S2/c1-9(2)13(19)7-11-8-22-15(17-11)18-23(20,21)14-6-4-5-12(16)10(14)3/h4-6,8-9,13,19H,7H2,1-3H3,(H,17,18). The van der Waals surface area contributed by atoms with E-state index in [0.717, 1.165) is 0 Å². The van der Waals surface area contributed by atoms with Crippen molar-refractivity contribution in [2.45, 2.75) is 38.2 Å². The molecule has 0 aliphatic heterocycles. The lowest BCUT2D eigenvalue weighted by molar-refractivity contribution is 0.125. The number of aliphatic hydroxyl groups is 1. The molecule has 0 radical (unpaired) electrons. The van der Waals surface area contributed by atoms with Gasteiger partial charge in [0.25, 0.3) is 10.0 Å². The number of benzene rings is 1. The largest absolute Gasteiger partial charge is 0.392 e. The van der Waals surface area contributed by atoms with Gasteiger partial charge in [-0.2, -0.15) is 0 Å². The maximum absolute atomic E-state index is 12.5. The van der Waals surface area contributed by atoms with E-state index in [1.807, 2.05) is 13.8 Å². The number of aromatic nitrogens is 1. The lowest BCUT2D eigenvalue weighted by Gasteiger charge is -2.12. The summed E-state index contributed by atoms with van der Waals surface area (Å²) in [5, 5.41) is 12.3. The minimum absolute atomic E-state index is 0.117. The maximum Gasteiger partial charge on any atom is 0.263 e. The van der Waals surface area contributed by atoms with Crippen molar-refractivity contribution in [3.05, 3.63) is 39.9 Å². The van der Waals surface area contributed by atoms with Gasteiger partial charge < -0.3 is 5.11 Å².